The van der Waals surface area contributed by atoms with Crippen LogP contribution in [-0.2, 0) is 0 Å². The molecule has 0 bridgehead atoms. The number of rotatable bonds is 5. The lowest BCUT2D eigenvalue weighted by Crippen LogP contribution is -2.46. The Morgan fingerprint density at radius 2 is 2.04 bits per heavy atom. The Bertz CT molecular complexity index is 768. The highest BCUT2D eigenvalue weighted by molar-refractivity contribution is 5.93. The van der Waals surface area contributed by atoms with Crippen molar-refractivity contribution in [3.05, 3.63) is 36.3 Å². The molecule has 6 nitrogen and oxygen atoms in total. The van der Waals surface area contributed by atoms with Crippen molar-refractivity contribution in [2.24, 2.45) is 11.8 Å². The minimum Gasteiger partial charge on any atom is -0.336 e. The molecule has 4 rings (SSSR count). The van der Waals surface area contributed by atoms with Crippen LogP contribution in [0.3, 0.4) is 0 Å². The molecule has 2 aromatic heterocycles. The van der Waals surface area contributed by atoms with Crippen LogP contribution in [-0.4, -0.2) is 63.1 Å². The summed E-state index contributed by atoms with van der Waals surface area (Å²) in [5.74, 6) is 1.47. The number of carbonyl (C=O) groups is 1. The second-order valence-corrected chi connectivity index (χ2v) is 8.26. The fourth-order valence-corrected chi connectivity index (χ4v) is 4.01. The molecular weight excluding hydrogens is 338 g/mol. The predicted molar refractivity (Wildman–Crippen MR) is 105 cm³/mol. The van der Waals surface area contributed by atoms with Gasteiger partial charge >= 0.3 is 0 Å². The molecule has 1 atom stereocenters. The van der Waals surface area contributed by atoms with Gasteiger partial charge in [-0.1, -0.05) is 13.8 Å². The van der Waals surface area contributed by atoms with Crippen molar-refractivity contribution < 1.29 is 4.79 Å². The SMILES string of the molecule is CC(C)[C@@H]1CN(C(=O)c2cc(-c3ccncc3)n[nH]2)CCCN1CC1CC1. The fourth-order valence-electron chi connectivity index (χ4n) is 4.01. The molecule has 0 radical (unpaired) electrons. The normalized spacial score (nSPS) is 21.4. The molecule has 1 saturated heterocycles. The van der Waals surface area contributed by atoms with E-state index in [4.69, 9.17) is 0 Å². The van der Waals surface area contributed by atoms with Crippen LogP contribution in [0.4, 0.5) is 0 Å². The first kappa shape index (κ1) is 18.2. The molecule has 1 amide bonds. The molecule has 3 heterocycles. The van der Waals surface area contributed by atoms with Crippen molar-refractivity contribution in [1.29, 1.82) is 0 Å². The van der Waals surface area contributed by atoms with E-state index in [0.29, 0.717) is 17.7 Å². The quantitative estimate of drug-likeness (QED) is 0.882. The fraction of sp³-hybridized carbons (Fsp3) is 0.571. The van der Waals surface area contributed by atoms with Crippen molar-refractivity contribution in [2.75, 3.05) is 26.2 Å². The Hall–Kier alpha value is -2.21. The van der Waals surface area contributed by atoms with E-state index in [2.05, 4.69) is 33.9 Å². The number of nitrogens with zero attached hydrogens (tertiary/aromatic N) is 4. The minimum atomic E-state index is 0.0572. The molecule has 2 fully saturated rings. The van der Waals surface area contributed by atoms with Crippen molar-refractivity contribution in [1.82, 2.24) is 25.0 Å². The second kappa shape index (κ2) is 7.80. The monoisotopic (exact) mass is 367 g/mol. The van der Waals surface area contributed by atoms with Crippen LogP contribution in [0.2, 0.25) is 0 Å². The maximum absolute atomic E-state index is 13.1. The Labute approximate surface area is 161 Å². The largest absolute Gasteiger partial charge is 0.336 e. The third kappa shape index (κ3) is 4.21. The molecule has 144 valence electrons. The summed E-state index contributed by atoms with van der Waals surface area (Å²) in [6.07, 6.45) is 7.25. The van der Waals surface area contributed by atoms with Crippen molar-refractivity contribution in [2.45, 2.75) is 39.2 Å². The number of nitrogens with one attached hydrogen (secondary N) is 1. The lowest BCUT2D eigenvalue weighted by molar-refractivity contribution is 0.0698. The number of amides is 1. The summed E-state index contributed by atoms with van der Waals surface area (Å²) in [7, 11) is 0. The number of pyridine rings is 1. The molecule has 2 aromatic rings. The summed E-state index contributed by atoms with van der Waals surface area (Å²) in [5, 5.41) is 7.28. The number of hydrogen-bond acceptors (Lipinski definition) is 4. The van der Waals surface area contributed by atoms with Crippen molar-refractivity contribution >= 4 is 5.91 Å². The van der Waals surface area contributed by atoms with E-state index in [1.165, 1.54) is 19.4 Å². The number of aromatic nitrogens is 3. The van der Waals surface area contributed by atoms with E-state index in [0.717, 1.165) is 43.2 Å². The standard InChI is InChI=1S/C21H29N5O/c1-15(2)20-14-26(11-3-10-25(20)13-16-4-5-16)21(27)19-12-18(23-24-19)17-6-8-22-9-7-17/h6-9,12,15-16,20H,3-5,10-11,13-14H2,1-2H3,(H,23,24)/t20-/m0/s1. The highest BCUT2D eigenvalue weighted by Gasteiger charge is 2.33. The summed E-state index contributed by atoms with van der Waals surface area (Å²) in [6, 6.07) is 6.09. The van der Waals surface area contributed by atoms with E-state index < -0.39 is 0 Å². The molecular formula is C21H29N5O. The second-order valence-electron chi connectivity index (χ2n) is 8.26. The topological polar surface area (TPSA) is 65.1 Å². The number of H-pyrrole nitrogens is 1. The number of aromatic amines is 1. The smallest absolute Gasteiger partial charge is 0.271 e. The van der Waals surface area contributed by atoms with Crippen LogP contribution in [0.25, 0.3) is 11.3 Å². The van der Waals surface area contributed by atoms with Crippen LogP contribution in [0.1, 0.15) is 43.6 Å². The van der Waals surface area contributed by atoms with E-state index in [1.807, 2.05) is 23.1 Å². The van der Waals surface area contributed by atoms with Gasteiger partial charge in [-0.15, -0.1) is 0 Å². The lowest BCUT2D eigenvalue weighted by atomic mass is 10.0. The Balaban J connectivity index is 1.48. The van der Waals surface area contributed by atoms with Gasteiger partial charge in [-0.3, -0.25) is 19.8 Å². The Kier molecular flexibility index (Phi) is 5.25. The van der Waals surface area contributed by atoms with Gasteiger partial charge in [-0.25, -0.2) is 0 Å². The van der Waals surface area contributed by atoms with E-state index in [9.17, 15) is 4.79 Å². The summed E-state index contributed by atoms with van der Waals surface area (Å²) in [4.78, 5) is 21.8. The lowest BCUT2D eigenvalue weighted by Gasteiger charge is -2.34. The maximum Gasteiger partial charge on any atom is 0.271 e. The van der Waals surface area contributed by atoms with E-state index >= 15 is 0 Å². The third-order valence-corrected chi connectivity index (χ3v) is 5.78. The molecule has 6 heteroatoms. The van der Waals surface area contributed by atoms with Crippen LogP contribution in [0.5, 0.6) is 0 Å². The van der Waals surface area contributed by atoms with Crippen molar-refractivity contribution in [3.63, 3.8) is 0 Å². The molecule has 1 saturated carbocycles. The van der Waals surface area contributed by atoms with Gasteiger partial charge < -0.3 is 4.90 Å². The van der Waals surface area contributed by atoms with Crippen molar-refractivity contribution in [3.8, 4) is 11.3 Å². The predicted octanol–water partition coefficient (Wildman–Crippen LogP) is 3.05. The van der Waals surface area contributed by atoms with Crippen LogP contribution < -0.4 is 0 Å². The van der Waals surface area contributed by atoms with Gasteiger partial charge in [-0.05, 0) is 49.3 Å². The van der Waals surface area contributed by atoms with Crippen LogP contribution in [0.15, 0.2) is 30.6 Å². The Morgan fingerprint density at radius 3 is 2.74 bits per heavy atom. The van der Waals surface area contributed by atoms with Gasteiger partial charge in [0.2, 0.25) is 0 Å². The zero-order valence-corrected chi connectivity index (χ0v) is 16.3. The summed E-state index contributed by atoms with van der Waals surface area (Å²) >= 11 is 0. The molecule has 0 unspecified atom stereocenters. The van der Waals surface area contributed by atoms with E-state index in [-0.39, 0.29) is 5.91 Å². The van der Waals surface area contributed by atoms with Gasteiger partial charge in [0.05, 0.1) is 5.69 Å². The van der Waals surface area contributed by atoms with Gasteiger partial charge in [0.25, 0.3) is 5.91 Å². The van der Waals surface area contributed by atoms with Crippen LogP contribution >= 0.6 is 0 Å². The van der Waals surface area contributed by atoms with Gasteiger partial charge in [0, 0.05) is 50.2 Å². The summed E-state index contributed by atoms with van der Waals surface area (Å²) in [5.41, 5.74) is 2.32. The maximum atomic E-state index is 13.1. The zero-order chi connectivity index (χ0) is 18.8. The molecule has 27 heavy (non-hydrogen) atoms. The third-order valence-electron chi connectivity index (χ3n) is 5.78. The number of carbonyl (C=O) groups excluding carboxylic acids is 1. The average Bonchev–Trinajstić information content (AvgIpc) is 3.40. The zero-order valence-electron chi connectivity index (χ0n) is 16.3. The summed E-state index contributed by atoms with van der Waals surface area (Å²) in [6.45, 7) is 8.45. The van der Waals surface area contributed by atoms with E-state index in [1.54, 1.807) is 12.4 Å². The number of hydrogen-bond donors (Lipinski definition) is 1. The first-order chi connectivity index (χ1) is 13.1. The van der Waals surface area contributed by atoms with Crippen LogP contribution in [0, 0.1) is 11.8 Å². The highest BCUT2D eigenvalue weighted by atomic mass is 16.2. The molecule has 0 spiro atoms. The Morgan fingerprint density at radius 1 is 1.26 bits per heavy atom. The van der Waals surface area contributed by atoms with Gasteiger partial charge in [-0.2, -0.15) is 5.10 Å². The minimum absolute atomic E-state index is 0.0572. The summed E-state index contributed by atoms with van der Waals surface area (Å²) < 4.78 is 0. The average molecular weight is 367 g/mol. The highest BCUT2D eigenvalue weighted by Crippen LogP contribution is 2.32. The molecule has 2 aliphatic rings. The van der Waals surface area contributed by atoms with Gasteiger partial charge in [0.15, 0.2) is 0 Å². The molecule has 1 aliphatic carbocycles. The van der Waals surface area contributed by atoms with Gasteiger partial charge in [0.1, 0.15) is 5.69 Å². The molecule has 1 N–H and O–H groups in total. The molecule has 1 aliphatic heterocycles. The first-order valence-electron chi connectivity index (χ1n) is 10.1. The molecule has 0 aromatic carbocycles. The first-order valence-corrected chi connectivity index (χ1v) is 10.1.